The first-order chi connectivity index (χ1) is 9.29. The third-order valence-corrected chi connectivity index (χ3v) is 3.35. The summed E-state index contributed by atoms with van der Waals surface area (Å²) in [7, 11) is 0. The quantitative estimate of drug-likeness (QED) is 0.734. The van der Waals surface area contributed by atoms with Gasteiger partial charge in [-0.3, -0.25) is 0 Å². The van der Waals surface area contributed by atoms with Gasteiger partial charge in [0.1, 0.15) is 13.2 Å². The number of fused-ring (bicyclic) bond motifs is 1. The van der Waals surface area contributed by atoms with Crippen molar-refractivity contribution in [3.63, 3.8) is 0 Å². The first kappa shape index (κ1) is 14.2. The van der Waals surface area contributed by atoms with Crippen LogP contribution in [0, 0.1) is 5.92 Å². The summed E-state index contributed by atoms with van der Waals surface area (Å²) in [6.45, 7) is 6.30. The predicted molar refractivity (Wildman–Crippen MR) is 76.8 cm³/mol. The second kappa shape index (κ2) is 7.36. The topological polar surface area (TPSA) is 56.5 Å². The molecule has 1 aliphatic heterocycles. The van der Waals surface area contributed by atoms with E-state index < -0.39 is 0 Å². The molecule has 106 valence electrons. The molecular formula is C15H24N2O2. The maximum Gasteiger partial charge on any atom is 0.161 e. The highest BCUT2D eigenvalue weighted by Gasteiger charge is 2.11. The summed E-state index contributed by atoms with van der Waals surface area (Å²) in [5.41, 5.74) is 6.82. The third-order valence-electron chi connectivity index (χ3n) is 3.35. The Morgan fingerprint density at radius 3 is 2.84 bits per heavy atom. The molecule has 0 radical (unpaired) electrons. The highest BCUT2D eigenvalue weighted by atomic mass is 16.6. The lowest BCUT2D eigenvalue weighted by atomic mass is 10.1. The minimum Gasteiger partial charge on any atom is -0.486 e. The number of rotatable bonds is 7. The molecule has 0 bridgehead atoms. The van der Waals surface area contributed by atoms with Crippen molar-refractivity contribution in [1.29, 1.82) is 0 Å². The van der Waals surface area contributed by atoms with E-state index in [1.807, 2.05) is 6.07 Å². The van der Waals surface area contributed by atoms with Crippen LogP contribution in [-0.2, 0) is 6.42 Å². The average molecular weight is 264 g/mol. The van der Waals surface area contributed by atoms with E-state index in [9.17, 15) is 0 Å². The van der Waals surface area contributed by atoms with Crippen molar-refractivity contribution in [2.24, 2.45) is 11.7 Å². The summed E-state index contributed by atoms with van der Waals surface area (Å²) in [5, 5.41) is 3.47. The van der Waals surface area contributed by atoms with Crippen molar-refractivity contribution in [2.45, 2.75) is 19.8 Å². The van der Waals surface area contributed by atoms with Crippen LogP contribution in [0.25, 0.3) is 0 Å². The highest BCUT2D eigenvalue weighted by molar-refractivity contribution is 5.43. The van der Waals surface area contributed by atoms with Crippen molar-refractivity contribution in [1.82, 2.24) is 5.32 Å². The Balaban J connectivity index is 1.74. The minimum absolute atomic E-state index is 0.644. The zero-order valence-electron chi connectivity index (χ0n) is 11.7. The van der Waals surface area contributed by atoms with Crippen LogP contribution in [0.15, 0.2) is 18.2 Å². The standard InChI is InChI=1S/C15H24N2O2/c1-12(4-6-16)11-17-7-5-13-2-3-14-15(10-13)19-9-8-18-14/h2-3,10,12,17H,4-9,11,16H2,1H3. The Bertz CT molecular complexity index is 396. The molecule has 4 heteroatoms. The first-order valence-corrected chi connectivity index (χ1v) is 7.09. The molecule has 1 atom stereocenters. The third kappa shape index (κ3) is 4.40. The van der Waals surface area contributed by atoms with Gasteiger partial charge in [-0.05, 0) is 56.1 Å². The summed E-state index contributed by atoms with van der Waals surface area (Å²) in [4.78, 5) is 0. The Hall–Kier alpha value is -1.26. The molecule has 1 unspecified atom stereocenters. The van der Waals surface area contributed by atoms with Crippen LogP contribution < -0.4 is 20.5 Å². The van der Waals surface area contributed by atoms with Crippen molar-refractivity contribution in [3.05, 3.63) is 23.8 Å². The first-order valence-electron chi connectivity index (χ1n) is 7.09. The normalized spacial score (nSPS) is 15.3. The molecule has 3 N–H and O–H groups in total. The maximum absolute atomic E-state index is 5.58. The number of nitrogens with one attached hydrogen (secondary N) is 1. The van der Waals surface area contributed by atoms with Crippen molar-refractivity contribution in [2.75, 3.05) is 32.8 Å². The van der Waals surface area contributed by atoms with Gasteiger partial charge in [-0.25, -0.2) is 0 Å². The van der Waals surface area contributed by atoms with Gasteiger partial charge < -0.3 is 20.5 Å². The summed E-state index contributed by atoms with van der Waals surface area (Å²) >= 11 is 0. The van der Waals surface area contributed by atoms with Crippen LogP contribution >= 0.6 is 0 Å². The van der Waals surface area contributed by atoms with Gasteiger partial charge in [0.2, 0.25) is 0 Å². The smallest absolute Gasteiger partial charge is 0.161 e. The van der Waals surface area contributed by atoms with Crippen molar-refractivity contribution >= 4 is 0 Å². The Morgan fingerprint density at radius 1 is 1.26 bits per heavy atom. The molecule has 0 aromatic heterocycles. The average Bonchev–Trinajstić information content (AvgIpc) is 2.44. The molecule has 0 saturated heterocycles. The lowest BCUT2D eigenvalue weighted by Crippen LogP contribution is -2.25. The largest absolute Gasteiger partial charge is 0.486 e. The van der Waals surface area contributed by atoms with Gasteiger partial charge in [-0.2, -0.15) is 0 Å². The van der Waals surface area contributed by atoms with Gasteiger partial charge in [-0.15, -0.1) is 0 Å². The minimum atomic E-state index is 0.644. The lowest BCUT2D eigenvalue weighted by Gasteiger charge is -2.19. The summed E-state index contributed by atoms with van der Waals surface area (Å²) in [6.07, 6.45) is 2.09. The number of hydrogen-bond acceptors (Lipinski definition) is 4. The number of nitrogens with two attached hydrogens (primary N) is 1. The van der Waals surface area contributed by atoms with Crippen molar-refractivity contribution < 1.29 is 9.47 Å². The Morgan fingerprint density at radius 2 is 2.05 bits per heavy atom. The molecule has 4 nitrogen and oxygen atoms in total. The van der Waals surface area contributed by atoms with Crippen LogP contribution in [0.3, 0.4) is 0 Å². The van der Waals surface area contributed by atoms with Gasteiger partial charge in [-0.1, -0.05) is 13.0 Å². The number of hydrogen-bond donors (Lipinski definition) is 2. The summed E-state index contributed by atoms with van der Waals surface area (Å²) in [5.74, 6) is 2.38. The van der Waals surface area contributed by atoms with Gasteiger partial charge in [0, 0.05) is 0 Å². The molecule has 1 heterocycles. The molecule has 1 aromatic carbocycles. The second-order valence-electron chi connectivity index (χ2n) is 5.11. The maximum atomic E-state index is 5.58. The zero-order chi connectivity index (χ0) is 13.5. The molecule has 19 heavy (non-hydrogen) atoms. The fourth-order valence-corrected chi connectivity index (χ4v) is 2.21. The van der Waals surface area contributed by atoms with E-state index in [1.54, 1.807) is 0 Å². The van der Waals surface area contributed by atoms with Gasteiger partial charge in [0.25, 0.3) is 0 Å². The number of benzene rings is 1. The van der Waals surface area contributed by atoms with E-state index in [4.69, 9.17) is 15.2 Å². The van der Waals surface area contributed by atoms with E-state index in [-0.39, 0.29) is 0 Å². The second-order valence-corrected chi connectivity index (χ2v) is 5.11. The molecule has 0 aliphatic carbocycles. The van der Waals surface area contributed by atoms with Crippen LogP contribution in [0.4, 0.5) is 0 Å². The van der Waals surface area contributed by atoms with Crippen molar-refractivity contribution in [3.8, 4) is 11.5 Å². The molecule has 0 spiro atoms. The molecule has 0 fully saturated rings. The summed E-state index contributed by atoms with van der Waals surface area (Å²) in [6, 6.07) is 6.19. The van der Waals surface area contributed by atoms with E-state index in [0.29, 0.717) is 19.1 Å². The monoisotopic (exact) mass is 264 g/mol. The fraction of sp³-hybridized carbons (Fsp3) is 0.600. The van der Waals surface area contributed by atoms with E-state index in [1.165, 1.54) is 5.56 Å². The van der Waals surface area contributed by atoms with E-state index in [0.717, 1.165) is 44.0 Å². The van der Waals surface area contributed by atoms with E-state index in [2.05, 4.69) is 24.4 Å². The molecule has 1 aliphatic rings. The fourth-order valence-electron chi connectivity index (χ4n) is 2.21. The van der Waals surface area contributed by atoms with Gasteiger partial charge in [0.15, 0.2) is 11.5 Å². The van der Waals surface area contributed by atoms with Crippen LogP contribution in [0.1, 0.15) is 18.9 Å². The SMILES string of the molecule is CC(CCN)CNCCc1ccc2c(c1)OCCO2. The molecule has 0 saturated carbocycles. The Kier molecular flexibility index (Phi) is 5.48. The molecule has 1 aromatic rings. The van der Waals surface area contributed by atoms with Crippen LogP contribution in [-0.4, -0.2) is 32.8 Å². The highest BCUT2D eigenvalue weighted by Crippen LogP contribution is 2.30. The van der Waals surface area contributed by atoms with Crippen LogP contribution in [0.2, 0.25) is 0 Å². The zero-order valence-corrected chi connectivity index (χ0v) is 11.7. The predicted octanol–water partition coefficient (Wildman–Crippen LogP) is 1.57. The van der Waals surface area contributed by atoms with E-state index >= 15 is 0 Å². The van der Waals surface area contributed by atoms with Crippen LogP contribution in [0.5, 0.6) is 11.5 Å². The Labute approximate surface area is 115 Å². The van der Waals surface area contributed by atoms with Gasteiger partial charge in [0.05, 0.1) is 0 Å². The molecular weight excluding hydrogens is 240 g/mol. The summed E-state index contributed by atoms with van der Waals surface area (Å²) < 4.78 is 11.1. The molecule has 0 amide bonds. The number of ether oxygens (including phenoxy) is 2. The molecule has 2 rings (SSSR count). The van der Waals surface area contributed by atoms with Gasteiger partial charge >= 0.3 is 0 Å². The lowest BCUT2D eigenvalue weighted by molar-refractivity contribution is 0.171.